The Bertz CT molecular complexity index is 872. The quantitative estimate of drug-likeness (QED) is 0.603. The minimum atomic E-state index is -0.499. The number of hydrogen-bond donors (Lipinski definition) is 2. The topological polar surface area (TPSA) is 92.6 Å². The first-order chi connectivity index (χ1) is 13.2. The fraction of sp³-hybridized carbons (Fsp3) is 0.200. The lowest BCUT2D eigenvalue weighted by atomic mass is 10.2. The summed E-state index contributed by atoms with van der Waals surface area (Å²) in [6, 6.07) is 16.2. The standard InChI is InChI=1S/C20H19N3O4/c1-25-16-8-6-15(7-9-16)23-20(24)14(10-21)11-22-12-17-13-26-18-4-2-3-5-19(18)27-17/h2-9,11,17,22H,12-13H2,1H3,(H,23,24)/b14-11-. The minimum absolute atomic E-state index is 0.0389. The number of amides is 1. The molecule has 2 aromatic carbocycles. The summed E-state index contributed by atoms with van der Waals surface area (Å²) in [5, 5.41) is 14.8. The highest BCUT2D eigenvalue weighted by Crippen LogP contribution is 2.30. The molecule has 0 spiro atoms. The number of nitriles is 1. The normalized spacial score (nSPS) is 15.4. The van der Waals surface area contributed by atoms with Gasteiger partial charge in [0.05, 0.1) is 13.7 Å². The number of nitrogens with zero attached hydrogens (tertiary/aromatic N) is 1. The van der Waals surface area contributed by atoms with Gasteiger partial charge in [-0.05, 0) is 36.4 Å². The molecule has 1 atom stereocenters. The van der Waals surface area contributed by atoms with Gasteiger partial charge in [-0.1, -0.05) is 12.1 Å². The van der Waals surface area contributed by atoms with E-state index >= 15 is 0 Å². The van der Waals surface area contributed by atoms with Crippen LogP contribution in [0.4, 0.5) is 5.69 Å². The van der Waals surface area contributed by atoms with E-state index in [0.29, 0.717) is 36.1 Å². The smallest absolute Gasteiger partial charge is 0.267 e. The van der Waals surface area contributed by atoms with Crippen LogP contribution in [0.3, 0.4) is 0 Å². The Morgan fingerprint density at radius 2 is 2.00 bits per heavy atom. The maximum absolute atomic E-state index is 12.2. The summed E-state index contributed by atoms with van der Waals surface area (Å²) in [7, 11) is 1.56. The van der Waals surface area contributed by atoms with Crippen molar-refractivity contribution in [3.63, 3.8) is 0 Å². The molecule has 2 aromatic rings. The summed E-state index contributed by atoms with van der Waals surface area (Å²) in [5.74, 6) is 1.57. The SMILES string of the molecule is COc1ccc(NC(=O)/C(C#N)=C\NCC2COc3ccccc3O2)cc1. The largest absolute Gasteiger partial charge is 0.497 e. The zero-order valence-electron chi connectivity index (χ0n) is 14.8. The Kier molecular flexibility index (Phi) is 5.80. The summed E-state index contributed by atoms with van der Waals surface area (Å²) in [6.07, 6.45) is 1.16. The van der Waals surface area contributed by atoms with E-state index in [0.717, 1.165) is 0 Å². The van der Waals surface area contributed by atoms with Crippen LogP contribution in [0.25, 0.3) is 0 Å². The van der Waals surface area contributed by atoms with Crippen molar-refractivity contribution in [2.75, 3.05) is 25.6 Å². The lowest BCUT2D eigenvalue weighted by Gasteiger charge is -2.26. The van der Waals surface area contributed by atoms with Gasteiger partial charge in [0.2, 0.25) is 0 Å². The number of para-hydroxylation sites is 2. The molecule has 1 aliphatic heterocycles. The molecule has 0 saturated carbocycles. The molecule has 1 amide bonds. The molecule has 2 N–H and O–H groups in total. The minimum Gasteiger partial charge on any atom is -0.497 e. The third-order valence-electron chi connectivity index (χ3n) is 3.87. The number of carbonyl (C=O) groups is 1. The van der Waals surface area contributed by atoms with Gasteiger partial charge in [-0.25, -0.2) is 0 Å². The van der Waals surface area contributed by atoms with Crippen molar-refractivity contribution in [3.8, 4) is 23.3 Å². The van der Waals surface area contributed by atoms with Gasteiger partial charge in [0.15, 0.2) is 11.5 Å². The molecule has 7 nitrogen and oxygen atoms in total. The predicted molar refractivity (Wildman–Crippen MR) is 99.7 cm³/mol. The van der Waals surface area contributed by atoms with Gasteiger partial charge in [-0.15, -0.1) is 0 Å². The number of rotatable bonds is 6. The van der Waals surface area contributed by atoms with Gasteiger partial charge in [-0.2, -0.15) is 5.26 Å². The number of methoxy groups -OCH3 is 1. The molecule has 3 rings (SSSR count). The van der Waals surface area contributed by atoms with Crippen LogP contribution in [0, 0.1) is 11.3 Å². The van der Waals surface area contributed by atoms with Crippen LogP contribution in [-0.2, 0) is 4.79 Å². The van der Waals surface area contributed by atoms with Crippen LogP contribution < -0.4 is 24.8 Å². The van der Waals surface area contributed by atoms with Crippen molar-refractivity contribution in [2.24, 2.45) is 0 Å². The monoisotopic (exact) mass is 365 g/mol. The fourth-order valence-electron chi connectivity index (χ4n) is 2.48. The lowest BCUT2D eigenvalue weighted by molar-refractivity contribution is -0.112. The van der Waals surface area contributed by atoms with Crippen LogP contribution >= 0.6 is 0 Å². The first kappa shape index (κ1) is 18.1. The highest BCUT2D eigenvalue weighted by Gasteiger charge is 2.20. The van der Waals surface area contributed by atoms with Crippen LogP contribution in [0.5, 0.6) is 17.2 Å². The molecule has 1 unspecified atom stereocenters. The molecule has 0 aromatic heterocycles. The zero-order valence-corrected chi connectivity index (χ0v) is 14.8. The van der Waals surface area contributed by atoms with Gasteiger partial charge < -0.3 is 24.8 Å². The Labute approximate surface area is 157 Å². The van der Waals surface area contributed by atoms with E-state index in [1.165, 1.54) is 6.20 Å². The van der Waals surface area contributed by atoms with Gasteiger partial charge in [0.1, 0.15) is 30.1 Å². The number of hydrogen-bond acceptors (Lipinski definition) is 6. The van der Waals surface area contributed by atoms with E-state index in [1.807, 2.05) is 30.3 Å². The second-order valence-electron chi connectivity index (χ2n) is 5.76. The van der Waals surface area contributed by atoms with E-state index in [4.69, 9.17) is 14.2 Å². The molecule has 0 saturated heterocycles. The Hall–Kier alpha value is -3.66. The number of anilines is 1. The summed E-state index contributed by atoms with van der Waals surface area (Å²) in [4.78, 5) is 12.2. The number of ether oxygens (including phenoxy) is 3. The highest BCUT2D eigenvalue weighted by atomic mass is 16.6. The molecule has 0 fully saturated rings. The van der Waals surface area contributed by atoms with E-state index in [9.17, 15) is 10.1 Å². The Balaban J connectivity index is 1.53. The van der Waals surface area contributed by atoms with Crippen LogP contribution in [-0.4, -0.2) is 32.3 Å². The Morgan fingerprint density at radius 1 is 1.26 bits per heavy atom. The second kappa shape index (κ2) is 8.63. The first-order valence-electron chi connectivity index (χ1n) is 8.37. The zero-order chi connectivity index (χ0) is 19.1. The molecular formula is C20H19N3O4. The van der Waals surface area contributed by atoms with Crippen molar-refractivity contribution < 1.29 is 19.0 Å². The fourth-order valence-corrected chi connectivity index (χ4v) is 2.48. The number of benzene rings is 2. The predicted octanol–water partition coefficient (Wildman–Crippen LogP) is 2.47. The first-order valence-corrected chi connectivity index (χ1v) is 8.37. The van der Waals surface area contributed by atoms with Crippen LogP contribution in [0.15, 0.2) is 60.3 Å². The second-order valence-corrected chi connectivity index (χ2v) is 5.76. The highest BCUT2D eigenvalue weighted by molar-refractivity contribution is 6.06. The summed E-state index contributed by atoms with van der Waals surface area (Å²) in [6.45, 7) is 0.785. The van der Waals surface area contributed by atoms with Crippen molar-refractivity contribution in [1.29, 1.82) is 5.26 Å². The molecule has 0 radical (unpaired) electrons. The van der Waals surface area contributed by atoms with Crippen LogP contribution in [0.2, 0.25) is 0 Å². The molecule has 138 valence electrons. The maximum Gasteiger partial charge on any atom is 0.267 e. The number of fused-ring (bicyclic) bond motifs is 1. The third kappa shape index (κ3) is 4.70. The third-order valence-corrected chi connectivity index (χ3v) is 3.87. The van der Waals surface area contributed by atoms with Crippen molar-refractivity contribution in [2.45, 2.75) is 6.10 Å². The molecule has 0 aliphatic carbocycles. The van der Waals surface area contributed by atoms with E-state index in [1.54, 1.807) is 31.4 Å². The summed E-state index contributed by atoms with van der Waals surface area (Å²) < 4.78 is 16.5. The van der Waals surface area contributed by atoms with Gasteiger partial charge in [-0.3, -0.25) is 4.79 Å². The summed E-state index contributed by atoms with van der Waals surface area (Å²) in [5.41, 5.74) is 0.533. The molecule has 1 aliphatic rings. The van der Waals surface area contributed by atoms with Gasteiger partial charge in [0, 0.05) is 11.9 Å². The average Bonchev–Trinajstić information content (AvgIpc) is 2.71. The van der Waals surface area contributed by atoms with Crippen molar-refractivity contribution >= 4 is 11.6 Å². The Morgan fingerprint density at radius 3 is 2.70 bits per heavy atom. The van der Waals surface area contributed by atoms with Crippen molar-refractivity contribution in [3.05, 3.63) is 60.3 Å². The van der Waals surface area contributed by atoms with Crippen molar-refractivity contribution in [1.82, 2.24) is 5.32 Å². The molecule has 27 heavy (non-hydrogen) atoms. The average molecular weight is 365 g/mol. The number of carbonyl (C=O) groups excluding carboxylic acids is 1. The molecule has 1 heterocycles. The van der Waals surface area contributed by atoms with Gasteiger partial charge in [0.25, 0.3) is 5.91 Å². The molecular weight excluding hydrogens is 346 g/mol. The molecule has 0 bridgehead atoms. The number of nitrogens with one attached hydrogen (secondary N) is 2. The molecule has 7 heteroatoms. The summed E-state index contributed by atoms with van der Waals surface area (Å²) >= 11 is 0. The maximum atomic E-state index is 12.2. The van der Waals surface area contributed by atoms with Gasteiger partial charge >= 0.3 is 0 Å². The lowest BCUT2D eigenvalue weighted by Crippen LogP contribution is -2.37. The van der Waals surface area contributed by atoms with E-state index < -0.39 is 5.91 Å². The van der Waals surface area contributed by atoms with E-state index in [2.05, 4.69) is 10.6 Å². The van der Waals surface area contributed by atoms with E-state index in [-0.39, 0.29) is 11.7 Å². The van der Waals surface area contributed by atoms with Crippen LogP contribution in [0.1, 0.15) is 0 Å².